The van der Waals surface area contributed by atoms with Crippen LogP contribution in [0.3, 0.4) is 0 Å². The monoisotopic (exact) mass is 373 g/mol. The van der Waals surface area contributed by atoms with Crippen molar-refractivity contribution < 1.29 is 19.1 Å². The quantitative estimate of drug-likeness (QED) is 0.801. The number of aliphatic carboxylic acids is 1. The topological polar surface area (TPSA) is 101 Å². The fourth-order valence-electron chi connectivity index (χ4n) is 3.33. The van der Waals surface area contributed by atoms with Crippen LogP contribution in [0.5, 0.6) is 0 Å². The molecule has 0 radical (unpaired) electrons. The summed E-state index contributed by atoms with van der Waals surface area (Å²) < 4.78 is 14.8. The van der Waals surface area contributed by atoms with Gasteiger partial charge in [0.05, 0.1) is 0 Å². The summed E-state index contributed by atoms with van der Waals surface area (Å²) in [6.45, 7) is 0. The van der Waals surface area contributed by atoms with E-state index in [0.29, 0.717) is 25.7 Å². The Kier molecular flexibility index (Phi) is 5.34. The molecule has 1 aromatic carbocycles. The Morgan fingerprint density at radius 3 is 2.37 bits per heavy atom. The van der Waals surface area contributed by atoms with Crippen LogP contribution in [-0.2, 0) is 4.79 Å². The lowest BCUT2D eigenvalue weighted by Crippen LogP contribution is -2.54. The lowest BCUT2D eigenvalue weighted by molar-refractivity contribution is -0.145. The molecular formula is C19H20FN3O4. The summed E-state index contributed by atoms with van der Waals surface area (Å²) in [5.41, 5.74) is -2.19. The number of nitrogens with one attached hydrogen (secondary N) is 1. The number of rotatable bonds is 4. The number of aromatic nitrogens is 2. The maximum absolute atomic E-state index is 14.0. The molecule has 1 amide bonds. The third-order valence-electron chi connectivity index (χ3n) is 4.83. The van der Waals surface area contributed by atoms with Crippen molar-refractivity contribution in [2.24, 2.45) is 0 Å². The van der Waals surface area contributed by atoms with Gasteiger partial charge in [0.2, 0.25) is 0 Å². The molecule has 0 unspecified atom stereocenters. The zero-order valence-corrected chi connectivity index (χ0v) is 14.7. The number of amides is 1. The molecule has 1 aromatic heterocycles. The van der Waals surface area contributed by atoms with E-state index < -0.39 is 28.8 Å². The van der Waals surface area contributed by atoms with Crippen LogP contribution in [0.4, 0.5) is 4.39 Å². The molecule has 2 N–H and O–H groups in total. The second kappa shape index (κ2) is 7.69. The number of carbonyl (C=O) groups is 2. The Labute approximate surface area is 154 Å². The highest BCUT2D eigenvalue weighted by molar-refractivity contribution is 5.96. The first-order valence-electron chi connectivity index (χ1n) is 8.84. The first kappa shape index (κ1) is 18.8. The molecule has 8 heteroatoms. The van der Waals surface area contributed by atoms with Gasteiger partial charge in [0.15, 0.2) is 0 Å². The van der Waals surface area contributed by atoms with Crippen molar-refractivity contribution in [3.63, 3.8) is 0 Å². The van der Waals surface area contributed by atoms with Crippen LogP contribution in [0.1, 0.15) is 49.0 Å². The van der Waals surface area contributed by atoms with Crippen LogP contribution in [0, 0.1) is 5.82 Å². The highest BCUT2D eigenvalue weighted by Crippen LogP contribution is 2.27. The smallest absolute Gasteiger partial charge is 0.329 e. The van der Waals surface area contributed by atoms with Crippen LogP contribution in [0.2, 0.25) is 0 Å². The van der Waals surface area contributed by atoms with Crippen LogP contribution < -0.4 is 10.9 Å². The summed E-state index contributed by atoms with van der Waals surface area (Å²) in [7, 11) is 0. The average Bonchev–Trinajstić information content (AvgIpc) is 2.89. The van der Waals surface area contributed by atoms with Gasteiger partial charge < -0.3 is 10.4 Å². The Balaban J connectivity index is 1.93. The number of para-hydroxylation sites is 1. The van der Waals surface area contributed by atoms with Gasteiger partial charge in [-0.15, -0.1) is 0 Å². The molecule has 1 saturated carbocycles. The van der Waals surface area contributed by atoms with E-state index in [1.807, 2.05) is 0 Å². The predicted molar refractivity (Wildman–Crippen MR) is 95.3 cm³/mol. The van der Waals surface area contributed by atoms with E-state index in [2.05, 4.69) is 10.4 Å². The number of carboxylic acids is 1. The lowest BCUT2D eigenvalue weighted by Gasteiger charge is -2.29. The summed E-state index contributed by atoms with van der Waals surface area (Å²) in [6.07, 6.45) is 3.91. The number of halogens is 1. The average molecular weight is 373 g/mol. The first-order chi connectivity index (χ1) is 12.9. The van der Waals surface area contributed by atoms with E-state index in [1.165, 1.54) is 24.3 Å². The molecule has 0 spiro atoms. The minimum Gasteiger partial charge on any atom is -0.480 e. The molecule has 2 aromatic rings. The van der Waals surface area contributed by atoms with Gasteiger partial charge in [-0.05, 0) is 31.0 Å². The lowest BCUT2D eigenvalue weighted by atomic mass is 9.90. The van der Waals surface area contributed by atoms with Crippen molar-refractivity contribution in [1.29, 1.82) is 0 Å². The maximum atomic E-state index is 14.0. The summed E-state index contributed by atoms with van der Waals surface area (Å²) >= 11 is 0. The summed E-state index contributed by atoms with van der Waals surface area (Å²) in [5, 5.41) is 16.2. The van der Waals surface area contributed by atoms with Crippen LogP contribution in [-0.4, -0.2) is 32.3 Å². The van der Waals surface area contributed by atoms with E-state index in [9.17, 15) is 23.9 Å². The third-order valence-corrected chi connectivity index (χ3v) is 4.83. The molecule has 1 aliphatic rings. The molecule has 3 rings (SSSR count). The van der Waals surface area contributed by atoms with Crippen molar-refractivity contribution in [1.82, 2.24) is 15.1 Å². The largest absolute Gasteiger partial charge is 0.480 e. The van der Waals surface area contributed by atoms with Crippen LogP contribution in [0.15, 0.2) is 41.2 Å². The van der Waals surface area contributed by atoms with Crippen molar-refractivity contribution in [3.8, 4) is 5.69 Å². The van der Waals surface area contributed by atoms with Crippen LogP contribution >= 0.6 is 0 Å². The SMILES string of the molecule is O=C(NC1(C(=O)O)CCCCCC1)c1ccc(=O)n(-c2ccccc2F)n1. The van der Waals surface area contributed by atoms with Crippen molar-refractivity contribution >= 4 is 11.9 Å². The van der Waals surface area contributed by atoms with Gasteiger partial charge in [0.1, 0.15) is 22.7 Å². The zero-order valence-electron chi connectivity index (χ0n) is 14.7. The molecule has 7 nitrogen and oxygen atoms in total. The second-order valence-electron chi connectivity index (χ2n) is 6.68. The van der Waals surface area contributed by atoms with Gasteiger partial charge in [0.25, 0.3) is 11.5 Å². The van der Waals surface area contributed by atoms with E-state index in [-0.39, 0.29) is 11.4 Å². The fraction of sp³-hybridized carbons (Fsp3) is 0.368. The van der Waals surface area contributed by atoms with Gasteiger partial charge >= 0.3 is 5.97 Å². The number of nitrogens with zero attached hydrogens (tertiary/aromatic N) is 2. The summed E-state index contributed by atoms with van der Waals surface area (Å²) in [4.78, 5) is 36.6. The van der Waals surface area contributed by atoms with Crippen molar-refractivity contribution in [3.05, 3.63) is 58.3 Å². The zero-order chi connectivity index (χ0) is 19.4. The highest BCUT2D eigenvalue weighted by atomic mass is 19.1. The summed E-state index contributed by atoms with van der Waals surface area (Å²) in [5.74, 6) is -2.44. The number of carboxylic acid groups (broad SMARTS) is 1. The van der Waals surface area contributed by atoms with E-state index in [1.54, 1.807) is 6.07 Å². The van der Waals surface area contributed by atoms with Crippen molar-refractivity contribution in [2.75, 3.05) is 0 Å². The Hall–Kier alpha value is -3.03. The molecule has 1 aliphatic carbocycles. The number of carbonyl (C=O) groups excluding carboxylic acids is 1. The predicted octanol–water partition coefficient (Wildman–Crippen LogP) is 2.28. The Bertz CT molecular complexity index is 917. The third kappa shape index (κ3) is 3.89. The number of benzene rings is 1. The highest BCUT2D eigenvalue weighted by Gasteiger charge is 2.40. The van der Waals surface area contributed by atoms with E-state index in [4.69, 9.17) is 0 Å². The van der Waals surface area contributed by atoms with Crippen LogP contribution in [0.25, 0.3) is 5.69 Å². The van der Waals surface area contributed by atoms with Gasteiger partial charge in [-0.3, -0.25) is 9.59 Å². The molecule has 0 bridgehead atoms. The van der Waals surface area contributed by atoms with E-state index in [0.717, 1.165) is 23.6 Å². The minimum absolute atomic E-state index is 0.0837. The van der Waals surface area contributed by atoms with E-state index >= 15 is 0 Å². The normalized spacial score (nSPS) is 16.3. The van der Waals surface area contributed by atoms with Gasteiger partial charge in [0, 0.05) is 6.07 Å². The molecule has 0 saturated heterocycles. The molecule has 0 atom stereocenters. The molecule has 1 fully saturated rings. The molecule has 27 heavy (non-hydrogen) atoms. The van der Waals surface area contributed by atoms with Gasteiger partial charge in [-0.25, -0.2) is 9.18 Å². The molecule has 0 aliphatic heterocycles. The Morgan fingerprint density at radius 2 is 1.74 bits per heavy atom. The second-order valence-corrected chi connectivity index (χ2v) is 6.68. The standard InChI is InChI=1S/C19H20FN3O4/c20-13-7-3-4-8-15(13)23-16(24)10-9-14(22-23)17(25)21-19(18(26)27)11-5-1-2-6-12-19/h3-4,7-10H,1-2,5-6,11-12H2,(H,21,25)(H,26,27). The molecular weight excluding hydrogens is 353 g/mol. The van der Waals surface area contributed by atoms with Gasteiger partial charge in [-0.1, -0.05) is 37.8 Å². The summed E-state index contributed by atoms with van der Waals surface area (Å²) in [6, 6.07) is 7.89. The molecule has 142 valence electrons. The minimum atomic E-state index is -1.35. The van der Waals surface area contributed by atoms with Gasteiger partial charge in [-0.2, -0.15) is 9.78 Å². The molecule has 1 heterocycles. The first-order valence-corrected chi connectivity index (χ1v) is 8.84. The number of hydrogen-bond donors (Lipinski definition) is 2. The Morgan fingerprint density at radius 1 is 1.07 bits per heavy atom. The maximum Gasteiger partial charge on any atom is 0.329 e. The fourth-order valence-corrected chi connectivity index (χ4v) is 3.33. The number of hydrogen-bond acceptors (Lipinski definition) is 4. The van der Waals surface area contributed by atoms with Crippen molar-refractivity contribution in [2.45, 2.75) is 44.1 Å².